The van der Waals surface area contributed by atoms with Gasteiger partial charge >= 0.3 is 0 Å². The topological polar surface area (TPSA) is 43.9 Å². The number of benzene rings is 4. The highest BCUT2D eigenvalue weighted by Crippen LogP contribution is 2.39. The molecule has 0 N–H and O–H groups in total. The zero-order valence-electron chi connectivity index (χ0n) is 20.8. The first-order valence-corrected chi connectivity index (χ1v) is 13.6. The second-order valence-corrected chi connectivity index (χ2v) is 10.6. The van der Waals surface area contributed by atoms with Crippen LogP contribution in [0.25, 0.3) is 70.7 Å². The van der Waals surface area contributed by atoms with Crippen molar-refractivity contribution in [3.8, 4) is 38.6 Å². The fraction of sp³-hybridized carbons (Fsp3) is 0. The minimum absolute atomic E-state index is 0.962. The number of rotatable bonds is 4. The van der Waals surface area contributed by atoms with Crippen LogP contribution in [0.3, 0.4) is 0 Å². The highest BCUT2D eigenvalue weighted by atomic mass is 32.1. The highest BCUT2D eigenvalue weighted by molar-refractivity contribution is 7.21. The summed E-state index contributed by atoms with van der Waals surface area (Å²) in [4.78, 5) is 9.69. The van der Waals surface area contributed by atoms with Crippen molar-refractivity contribution in [3.05, 3.63) is 128 Å². The Hall–Kier alpha value is -5.00. The smallest absolute Gasteiger partial charge is 0.124 e. The van der Waals surface area contributed by atoms with Gasteiger partial charge in [0.15, 0.2) is 0 Å². The molecule has 0 amide bonds. The summed E-state index contributed by atoms with van der Waals surface area (Å²) < 4.78 is 8.86. The van der Waals surface area contributed by atoms with Crippen molar-refractivity contribution in [2.24, 2.45) is 0 Å². The lowest BCUT2D eigenvalue weighted by molar-refractivity contribution is 0.568. The third kappa shape index (κ3) is 3.59. The van der Waals surface area contributed by atoms with E-state index in [9.17, 15) is 0 Å². The molecule has 4 aromatic heterocycles. The van der Waals surface area contributed by atoms with Crippen molar-refractivity contribution >= 4 is 43.4 Å². The van der Waals surface area contributed by atoms with Crippen molar-refractivity contribution in [2.45, 2.75) is 0 Å². The second kappa shape index (κ2) is 8.79. The van der Waals surface area contributed by atoms with Crippen LogP contribution in [0.4, 0.5) is 0 Å². The van der Waals surface area contributed by atoms with Gasteiger partial charge in [-0.1, -0.05) is 60.7 Å². The Morgan fingerprint density at radius 2 is 1.56 bits per heavy atom. The normalized spacial score (nSPS) is 11.6. The minimum Gasteiger partial charge on any atom is -0.472 e. The molecule has 0 aliphatic carbocycles. The Labute approximate surface area is 228 Å². The van der Waals surface area contributed by atoms with Crippen molar-refractivity contribution in [2.75, 3.05) is 0 Å². The molecule has 0 atom stereocenters. The summed E-state index contributed by atoms with van der Waals surface area (Å²) in [7, 11) is 0. The zero-order chi connectivity index (χ0) is 25.8. The second-order valence-electron chi connectivity index (χ2n) is 9.53. The molecule has 8 aromatic rings. The third-order valence-corrected chi connectivity index (χ3v) is 8.31. The summed E-state index contributed by atoms with van der Waals surface area (Å²) in [5.74, 6) is 0. The number of pyridine rings is 1. The molecule has 8 rings (SSSR count). The standard InChI is InChI=1S/C34H21N3OS/c1-2-12-30-27(9-1)28-15-14-23(34-36-33-26(24-16-18-38-21-24)10-6-13-32(33)39-34)20-31(28)37(30)25-8-5-7-22(19-25)29-11-3-4-17-35-29/h1-21H. The average molecular weight is 520 g/mol. The van der Waals surface area contributed by atoms with Crippen LogP contribution in [0, 0.1) is 0 Å². The quantitative estimate of drug-likeness (QED) is 0.233. The molecule has 39 heavy (non-hydrogen) atoms. The summed E-state index contributed by atoms with van der Waals surface area (Å²) in [6, 6.07) is 38.2. The highest BCUT2D eigenvalue weighted by Gasteiger charge is 2.16. The van der Waals surface area contributed by atoms with Gasteiger partial charge in [0.1, 0.15) is 5.01 Å². The van der Waals surface area contributed by atoms with Gasteiger partial charge < -0.3 is 8.98 Å². The largest absolute Gasteiger partial charge is 0.472 e. The molecule has 4 nitrogen and oxygen atoms in total. The monoisotopic (exact) mass is 519 g/mol. The predicted molar refractivity (Wildman–Crippen MR) is 160 cm³/mol. The van der Waals surface area contributed by atoms with E-state index in [0.29, 0.717) is 0 Å². The lowest BCUT2D eigenvalue weighted by Gasteiger charge is -2.10. The lowest BCUT2D eigenvalue weighted by Crippen LogP contribution is -1.95. The Morgan fingerprint density at radius 1 is 0.667 bits per heavy atom. The Balaban J connectivity index is 1.34. The molecule has 0 aliphatic rings. The molecule has 0 saturated carbocycles. The molecule has 4 aromatic carbocycles. The number of furan rings is 1. The van der Waals surface area contributed by atoms with Crippen LogP contribution >= 0.6 is 11.3 Å². The summed E-state index contributed by atoms with van der Waals surface area (Å²) in [6.07, 6.45) is 5.32. The van der Waals surface area contributed by atoms with E-state index in [4.69, 9.17) is 9.40 Å². The molecule has 0 unspecified atom stereocenters. The van der Waals surface area contributed by atoms with Crippen molar-refractivity contribution in [3.63, 3.8) is 0 Å². The first kappa shape index (κ1) is 22.0. The van der Waals surface area contributed by atoms with Crippen molar-refractivity contribution in [1.29, 1.82) is 0 Å². The van der Waals surface area contributed by atoms with Crippen LogP contribution in [-0.2, 0) is 0 Å². The van der Waals surface area contributed by atoms with Crippen LogP contribution in [0.1, 0.15) is 0 Å². The van der Waals surface area contributed by atoms with Gasteiger partial charge in [-0.2, -0.15) is 0 Å². The van der Waals surface area contributed by atoms with Gasteiger partial charge in [0.25, 0.3) is 0 Å². The van der Waals surface area contributed by atoms with Crippen molar-refractivity contribution < 1.29 is 4.42 Å². The molecule has 4 heterocycles. The van der Waals surface area contributed by atoms with Gasteiger partial charge in [0.05, 0.1) is 39.5 Å². The zero-order valence-corrected chi connectivity index (χ0v) is 21.6. The molecule has 0 bridgehead atoms. The Kier molecular flexibility index (Phi) is 4.96. The Bertz CT molecular complexity index is 2120. The molecular weight excluding hydrogens is 498 g/mol. The molecule has 0 spiro atoms. The molecule has 0 saturated heterocycles. The number of hydrogen-bond donors (Lipinski definition) is 0. The van der Waals surface area contributed by atoms with Gasteiger partial charge in [-0.25, -0.2) is 4.98 Å². The van der Waals surface area contributed by atoms with Gasteiger partial charge in [-0.15, -0.1) is 11.3 Å². The predicted octanol–water partition coefficient (Wildman–Crippen LogP) is 9.38. The van der Waals surface area contributed by atoms with Crippen LogP contribution in [0.2, 0.25) is 0 Å². The van der Waals surface area contributed by atoms with Gasteiger partial charge in [-0.05, 0) is 48.5 Å². The van der Waals surface area contributed by atoms with Crippen LogP contribution in [0.5, 0.6) is 0 Å². The first-order chi connectivity index (χ1) is 19.3. The lowest BCUT2D eigenvalue weighted by atomic mass is 10.1. The van der Waals surface area contributed by atoms with E-state index in [1.54, 1.807) is 23.9 Å². The van der Waals surface area contributed by atoms with Gasteiger partial charge in [0, 0.05) is 44.9 Å². The summed E-state index contributed by atoms with van der Waals surface area (Å²) in [5.41, 5.74) is 9.72. The number of para-hydroxylation sites is 2. The number of thiazole rings is 1. The van der Waals surface area contributed by atoms with Gasteiger partial charge in [0.2, 0.25) is 0 Å². The summed E-state index contributed by atoms with van der Waals surface area (Å²) >= 11 is 1.72. The summed E-state index contributed by atoms with van der Waals surface area (Å²) in [6.45, 7) is 0. The van der Waals surface area contributed by atoms with E-state index in [0.717, 1.165) is 54.4 Å². The summed E-state index contributed by atoms with van der Waals surface area (Å²) in [5, 5.41) is 3.45. The molecule has 184 valence electrons. The van der Waals surface area contributed by atoms with E-state index in [-0.39, 0.29) is 0 Å². The first-order valence-electron chi connectivity index (χ1n) is 12.8. The maximum Gasteiger partial charge on any atom is 0.124 e. The number of fused-ring (bicyclic) bond motifs is 4. The maximum atomic E-state index is 5.35. The molecule has 0 aliphatic heterocycles. The maximum absolute atomic E-state index is 5.35. The van der Waals surface area contributed by atoms with E-state index >= 15 is 0 Å². The van der Waals surface area contributed by atoms with E-state index in [1.165, 1.54) is 16.3 Å². The fourth-order valence-corrected chi connectivity index (χ4v) is 6.43. The minimum atomic E-state index is 0.962. The van der Waals surface area contributed by atoms with Crippen molar-refractivity contribution in [1.82, 2.24) is 14.5 Å². The number of nitrogens with zero attached hydrogens (tertiary/aromatic N) is 3. The molecular formula is C34H21N3OS. The molecule has 5 heteroatoms. The number of hydrogen-bond acceptors (Lipinski definition) is 4. The third-order valence-electron chi connectivity index (χ3n) is 7.24. The fourth-order valence-electron chi connectivity index (χ4n) is 5.44. The van der Waals surface area contributed by atoms with E-state index in [2.05, 4.69) is 94.5 Å². The van der Waals surface area contributed by atoms with Crippen LogP contribution in [0.15, 0.2) is 132 Å². The van der Waals surface area contributed by atoms with Crippen LogP contribution < -0.4 is 0 Å². The van der Waals surface area contributed by atoms with E-state index in [1.807, 2.05) is 30.5 Å². The number of aromatic nitrogens is 3. The van der Waals surface area contributed by atoms with E-state index < -0.39 is 0 Å². The van der Waals surface area contributed by atoms with Crippen LogP contribution in [-0.4, -0.2) is 14.5 Å². The molecule has 0 fully saturated rings. The Morgan fingerprint density at radius 3 is 2.46 bits per heavy atom. The SMILES string of the molecule is c1ccc(-c2cccc(-n3c4ccccc4c4ccc(-c5nc6c(-c7ccoc7)cccc6s5)cc43)c2)nc1. The molecule has 0 radical (unpaired) electrons. The average Bonchev–Trinajstić information content (AvgIpc) is 3.75. The van der Waals surface area contributed by atoms with Gasteiger partial charge in [-0.3, -0.25) is 4.98 Å².